The number of carbonyl (C=O) groups excluding carboxylic acids is 2. The first-order chi connectivity index (χ1) is 18.9. The summed E-state index contributed by atoms with van der Waals surface area (Å²) in [4.78, 5) is 24.3. The number of nitrogens with one attached hydrogen (secondary N) is 1. The van der Waals surface area contributed by atoms with Gasteiger partial charge in [-0.15, -0.1) is 0 Å². The largest absolute Gasteiger partial charge is 0.417 e. The summed E-state index contributed by atoms with van der Waals surface area (Å²) in [5.41, 5.74) is -6.51. The van der Waals surface area contributed by atoms with Crippen molar-refractivity contribution < 1.29 is 66.7 Å². The van der Waals surface area contributed by atoms with Crippen molar-refractivity contribution in [2.24, 2.45) is 5.92 Å². The molecule has 3 nitrogen and oxygen atoms in total. The van der Waals surface area contributed by atoms with Gasteiger partial charge in [0.05, 0.1) is 16.1 Å². The number of Topliss-reactive ketones (excluding diaryl/α,β-unsaturated/α-hetero) is 1. The summed E-state index contributed by atoms with van der Waals surface area (Å²) >= 11 is 5.44. The third kappa shape index (κ3) is 9.36. The van der Waals surface area contributed by atoms with Gasteiger partial charge in [0.25, 0.3) is 0 Å². The normalized spacial score (nSPS) is 14.9. The van der Waals surface area contributed by atoms with E-state index >= 15 is 0 Å². The van der Waals surface area contributed by atoms with Gasteiger partial charge in [-0.1, -0.05) is 36.7 Å². The molecule has 0 saturated heterocycles. The lowest BCUT2D eigenvalue weighted by Gasteiger charge is -2.20. The van der Waals surface area contributed by atoms with Crippen LogP contribution in [-0.4, -0.2) is 30.6 Å². The molecule has 0 bridgehead atoms. The van der Waals surface area contributed by atoms with Crippen LogP contribution in [0.4, 0.5) is 57.1 Å². The predicted molar refractivity (Wildman–Crippen MR) is 123 cm³/mol. The average Bonchev–Trinajstić information content (AvgIpc) is 2.82. The van der Waals surface area contributed by atoms with Crippen molar-refractivity contribution in [1.82, 2.24) is 5.32 Å². The van der Waals surface area contributed by atoms with Gasteiger partial charge in [-0.2, -0.15) is 52.7 Å². The fourth-order valence-corrected chi connectivity index (χ4v) is 3.89. The van der Waals surface area contributed by atoms with E-state index in [9.17, 15) is 66.7 Å². The monoisotopic (exact) mass is 645 g/mol. The molecule has 2 atom stereocenters. The molecular weight excluding hydrogens is 629 g/mol. The average molecular weight is 646 g/mol. The van der Waals surface area contributed by atoms with Crippen LogP contribution in [0.25, 0.3) is 5.83 Å². The van der Waals surface area contributed by atoms with Crippen LogP contribution in [0.5, 0.6) is 0 Å². The molecule has 0 aliphatic heterocycles. The lowest BCUT2D eigenvalue weighted by atomic mass is 9.92. The van der Waals surface area contributed by atoms with Crippen LogP contribution in [0.1, 0.15) is 51.9 Å². The Morgan fingerprint density at radius 3 is 1.90 bits per heavy atom. The molecule has 0 fully saturated rings. The van der Waals surface area contributed by atoms with Gasteiger partial charge in [0.15, 0.2) is 5.78 Å². The van der Waals surface area contributed by atoms with E-state index in [0.717, 1.165) is 6.92 Å². The van der Waals surface area contributed by atoms with E-state index in [2.05, 4.69) is 0 Å². The van der Waals surface area contributed by atoms with Crippen LogP contribution in [0.15, 0.2) is 42.5 Å². The molecule has 2 aromatic rings. The maximum absolute atomic E-state index is 14.9. The maximum atomic E-state index is 14.9. The van der Waals surface area contributed by atoms with E-state index in [4.69, 9.17) is 11.6 Å². The molecule has 1 amide bonds. The van der Waals surface area contributed by atoms with Crippen LogP contribution in [0.3, 0.4) is 0 Å². The minimum Gasteiger partial charge on any atom is -0.347 e. The Morgan fingerprint density at radius 1 is 0.857 bits per heavy atom. The summed E-state index contributed by atoms with van der Waals surface area (Å²) in [6.07, 6.45) is -21.7. The van der Waals surface area contributed by atoms with Gasteiger partial charge in [-0.3, -0.25) is 9.59 Å². The second kappa shape index (κ2) is 12.5. The number of halogens is 14. The fraction of sp³-hybridized carbons (Fsp3) is 0.360. The summed E-state index contributed by atoms with van der Waals surface area (Å²) in [6, 6.07) is 1.78. The number of rotatable bonds is 8. The number of allylic oxidation sites excluding steroid dienone is 1. The van der Waals surface area contributed by atoms with Crippen LogP contribution in [0, 0.1) is 5.92 Å². The summed E-state index contributed by atoms with van der Waals surface area (Å²) in [7, 11) is 0. The predicted octanol–water partition coefficient (Wildman–Crippen LogP) is 8.92. The van der Waals surface area contributed by atoms with E-state index in [1.54, 1.807) is 0 Å². The first kappa shape index (κ1) is 34.9. The summed E-state index contributed by atoms with van der Waals surface area (Å²) in [5.74, 6) is -9.07. The molecule has 2 rings (SSSR count). The molecule has 42 heavy (non-hydrogen) atoms. The van der Waals surface area contributed by atoms with Gasteiger partial charge >= 0.3 is 24.7 Å². The zero-order chi connectivity index (χ0) is 32.4. The van der Waals surface area contributed by atoms with Gasteiger partial charge in [0.1, 0.15) is 18.3 Å². The molecule has 1 unspecified atom stereocenters. The van der Waals surface area contributed by atoms with Gasteiger partial charge in [0.2, 0.25) is 5.91 Å². The van der Waals surface area contributed by atoms with Crippen LogP contribution in [-0.2, 0) is 17.1 Å². The lowest BCUT2D eigenvalue weighted by molar-refractivity contribution is -0.140. The van der Waals surface area contributed by atoms with Crippen molar-refractivity contribution in [1.29, 1.82) is 0 Å². The van der Waals surface area contributed by atoms with Crippen LogP contribution < -0.4 is 5.32 Å². The number of benzene rings is 2. The molecule has 0 spiro atoms. The standard InChI is InChI=1S/C25H17ClF13NO2/c1-11(21(42)40-10-22(28,29)30)6-20(41)14-4-2-13(7-17(14)25(37,38)39)19(27)9-16(24(34,35)36)12-3-5-15(18(26)8-12)23(31,32)33/h2-5,7-9,11,16H,6,10H2,1H3,(H,40,42)/b19-9-/t11-,16?/m0/s1. The van der Waals surface area contributed by atoms with E-state index in [-0.39, 0.29) is 24.3 Å². The van der Waals surface area contributed by atoms with Crippen molar-refractivity contribution in [2.45, 2.75) is 44.0 Å². The van der Waals surface area contributed by atoms with Gasteiger partial charge in [0, 0.05) is 23.5 Å². The zero-order valence-corrected chi connectivity index (χ0v) is 21.5. The van der Waals surface area contributed by atoms with Crippen molar-refractivity contribution in [3.8, 4) is 0 Å². The Hall–Kier alpha value is -3.30. The van der Waals surface area contributed by atoms with Gasteiger partial charge < -0.3 is 5.32 Å². The second-order valence-corrected chi connectivity index (χ2v) is 9.30. The minimum atomic E-state index is -5.38. The highest BCUT2D eigenvalue weighted by molar-refractivity contribution is 6.31. The smallest absolute Gasteiger partial charge is 0.347 e. The Bertz CT molecular complexity index is 1340. The van der Waals surface area contributed by atoms with E-state index in [0.29, 0.717) is 18.2 Å². The highest BCUT2D eigenvalue weighted by atomic mass is 35.5. The fourth-order valence-electron chi connectivity index (χ4n) is 3.59. The van der Waals surface area contributed by atoms with E-state index in [1.807, 2.05) is 0 Å². The first-order valence-corrected chi connectivity index (χ1v) is 11.7. The highest BCUT2D eigenvalue weighted by Gasteiger charge is 2.42. The topological polar surface area (TPSA) is 46.2 Å². The third-order valence-corrected chi connectivity index (χ3v) is 5.94. The molecule has 2 aromatic carbocycles. The number of alkyl halides is 12. The number of hydrogen-bond donors (Lipinski definition) is 1. The summed E-state index contributed by atoms with van der Waals surface area (Å²) < 4.78 is 173. The minimum absolute atomic E-state index is 0.000616. The Morgan fingerprint density at radius 2 is 1.43 bits per heavy atom. The molecule has 0 aromatic heterocycles. The molecule has 232 valence electrons. The number of amides is 1. The van der Waals surface area contributed by atoms with Gasteiger partial charge in [-0.25, -0.2) is 4.39 Å². The van der Waals surface area contributed by atoms with Crippen LogP contribution in [0.2, 0.25) is 5.02 Å². The van der Waals surface area contributed by atoms with Crippen molar-refractivity contribution >= 4 is 29.1 Å². The Balaban J connectivity index is 2.46. The molecule has 0 aliphatic carbocycles. The highest BCUT2D eigenvalue weighted by Crippen LogP contribution is 2.42. The SMILES string of the molecule is C[C@@H](CC(=O)c1ccc(/C(F)=C/C(c2ccc(C(F)(F)F)c(Cl)c2)C(F)(F)F)cc1C(F)(F)F)C(=O)NCC(F)(F)F. The maximum Gasteiger partial charge on any atom is 0.417 e. The number of ketones is 1. The second-order valence-electron chi connectivity index (χ2n) is 8.89. The van der Waals surface area contributed by atoms with Crippen molar-refractivity contribution in [2.75, 3.05) is 6.54 Å². The van der Waals surface area contributed by atoms with Crippen molar-refractivity contribution in [3.05, 3.63) is 75.3 Å². The molecule has 17 heteroatoms. The van der Waals surface area contributed by atoms with E-state index < -0.39 is 99.9 Å². The number of hydrogen-bond acceptors (Lipinski definition) is 2. The van der Waals surface area contributed by atoms with E-state index in [1.165, 1.54) is 5.32 Å². The van der Waals surface area contributed by atoms with Crippen molar-refractivity contribution in [3.63, 3.8) is 0 Å². The molecule has 0 aliphatic rings. The molecule has 0 saturated carbocycles. The van der Waals surface area contributed by atoms with Gasteiger partial charge in [-0.05, 0) is 29.8 Å². The molecular formula is C25H17ClF13NO2. The third-order valence-electron chi connectivity index (χ3n) is 5.63. The Labute approximate surface area is 233 Å². The summed E-state index contributed by atoms with van der Waals surface area (Å²) in [6.45, 7) is -0.811. The molecule has 0 heterocycles. The lowest BCUT2D eigenvalue weighted by Crippen LogP contribution is -2.37. The Kier molecular flexibility index (Phi) is 10.4. The molecule has 0 radical (unpaired) electrons. The summed E-state index contributed by atoms with van der Waals surface area (Å²) in [5, 5.41) is 0.308. The first-order valence-electron chi connectivity index (χ1n) is 11.3. The van der Waals surface area contributed by atoms with Crippen LogP contribution >= 0.6 is 11.6 Å². The quantitative estimate of drug-likeness (QED) is 0.230. The number of carbonyl (C=O) groups is 2. The molecule has 1 N–H and O–H groups in total. The zero-order valence-electron chi connectivity index (χ0n) is 20.7.